The van der Waals surface area contributed by atoms with Crippen LogP contribution in [0.25, 0.3) is 0 Å². The molecule has 0 fully saturated rings. The van der Waals surface area contributed by atoms with Gasteiger partial charge in [-0.3, -0.25) is 4.90 Å². The molecule has 146 valence electrons. The summed E-state index contributed by atoms with van der Waals surface area (Å²) in [5, 5.41) is 0. The summed E-state index contributed by atoms with van der Waals surface area (Å²) in [6.45, 7) is 12.2. The van der Waals surface area contributed by atoms with Crippen LogP contribution in [0.2, 0.25) is 0 Å². The molecule has 0 amide bonds. The van der Waals surface area contributed by atoms with Crippen molar-refractivity contribution in [2.75, 3.05) is 6.54 Å². The fourth-order valence-electron chi connectivity index (χ4n) is 4.38. The summed E-state index contributed by atoms with van der Waals surface area (Å²) in [6.07, 6.45) is 3.42. The molecule has 28 heavy (non-hydrogen) atoms. The summed E-state index contributed by atoms with van der Waals surface area (Å²) >= 11 is 0. The normalized spacial score (nSPS) is 17.9. The molecule has 1 aliphatic heterocycles. The SMILES string of the molecule is Cc1cccc(C2c3cccn3CCCN2Cc2ccc(C(C)(C)C)cc2)c1. The van der Waals surface area contributed by atoms with Crippen LogP contribution >= 0.6 is 0 Å². The molecular formula is C26H32N2. The number of hydrogen-bond donors (Lipinski definition) is 0. The molecule has 0 saturated heterocycles. The van der Waals surface area contributed by atoms with Crippen molar-refractivity contribution in [3.63, 3.8) is 0 Å². The van der Waals surface area contributed by atoms with E-state index in [0.29, 0.717) is 6.04 Å². The Morgan fingerprint density at radius 1 is 0.929 bits per heavy atom. The van der Waals surface area contributed by atoms with E-state index in [1.54, 1.807) is 0 Å². The highest BCUT2D eigenvalue weighted by molar-refractivity contribution is 5.33. The van der Waals surface area contributed by atoms with Crippen molar-refractivity contribution >= 4 is 0 Å². The van der Waals surface area contributed by atoms with Crippen LogP contribution in [0.15, 0.2) is 66.9 Å². The van der Waals surface area contributed by atoms with Gasteiger partial charge in [-0.05, 0) is 47.6 Å². The van der Waals surface area contributed by atoms with Gasteiger partial charge in [0.2, 0.25) is 0 Å². The van der Waals surface area contributed by atoms with E-state index >= 15 is 0 Å². The van der Waals surface area contributed by atoms with Crippen LogP contribution in [-0.2, 0) is 18.5 Å². The average Bonchev–Trinajstić information content (AvgIpc) is 3.03. The smallest absolute Gasteiger partial charge is 0.0759 e. The van der Waals surface area contributed by atoms with Crippen molar-refractivity contribution in [1.29, 1.82) is 0 Å². The highest BCUT2D eigenvalue weighted by Gasteiger charge is 2.27. The second kappa shape index (κ2) is 7.60. The first-order chi connectivity index (χ1) is 13.4. The lowest BCUT2D eigenvalue weighted by Gasteiger charge is -2.31. The van der Waals surface area contributed by atoms with E-state index in [1.165, 1.54) is 34.4 Å². The highest BCUT2D eigenvalue weighted by Crippen LogP contribution is 2.33. The zero-order valence-electron chi connectivity index (χ0n) is 17.7. The first kappa shape index (κ1) is 19.0. The first-order valence-corrected chi connectivity index (χ1v) is 10.5. The quantitative estimate of drug-likeness (QED) is 0.540. The fraction of sp³-hybridized carbons (Fsp3) is 0.385. The third kappa shape index (κ3) is 3.93. The minimum absolute atomic E-state index is 0.200. The topological polar surface area (TPSA) is 8.17 Å². The van der Waals surface area contributed by atoms with E-state index in [1.807, 2.05) is 0 Å². The minimum Gasteiger partial charge on any atom is -0.350 e. The van der Waals surface area contributed by atoms with E-state index in [9.17, 15) is 0 Å². The summed E-state index contributed by atoms with van der Waals surface area (Å²) in [7, 11) is 0. The summed E-state index contributed by atoms with van der Waals surface area (Å²) in [6, 6.07) is 23.1. The van der Waals surface area contributed by atoms with Gasteiger partial charge in [0, 0.05) is 31.5 Å². The molecule has 1 atom stereocenters. The molecule has 0 saturated carbocycles. The van der Waals surface area contributed by atoms with Crippen molar-refractivity contribution in [3.05, 3.63) is 94.8 Å². The Morgan fingerprint density at radius 3 is 2.43 bits per heavy atom. The summed E-state index contributed by atoms with van der Waals surface area (Å²) < 4.78 is 2.44. The predicted octanol–water partition coefficient (Wildman–Crippen LogP) is 6.09. The Labute approximate surface area is 169 Å². The Bertz CT molecular complexity index is 928. The molecular weight excluding hydrogens is 340 g/mol. The Morgan fingerprint density at radius 2 is 1.71 bits per heavy atom. The molecule has 1 aliphatic rings. The zero-order valence-corrected chi connectivity index (χ0v) is 17.7. The van der Waals surface area contributed by atoms with E-state index in [-0.39, 0.29) is 5.41 Å². The molecule has 0 spiro atoms. The van der Waals surface area contributed by atoms with Crippen LogP contribution in [0.3, 0.4) is 0 Å². The van der Waals surface area contributed by atoms with Crippen molar-refractivity contribution in [2.45, 2.75) is 58.7 Å². The highest BCUT2D eigenvalue weighted by atomic mass is 15.2. The maximum atomic E-state index is 2.65. The van der Waals surface area contributed by atoms with E-state index in [0.717, 1.165) is 19.6 Å². The lowest BCUT2D eigenvalue weighted by molar-refractivity contribution is 0.220. The molecule has 2 nitrogen and oxygen atoms in total. The lowest BCUT2D eigenvalue weighted by atomic mass is 9.86. The summed E-state index contributed by atoms with van der Waals surface area (Å²) in [5.41, 5.74) is 7.13. The van der Waals surface area contributed by atoms with Crippen LogP contribution in [0, 0.1) is 6.92 Å². The summed E-state index contributed by atoms with van der Waals surface area (Å²) in [5.74, 6) is 0. The van der Waals surface area contributed by atoms with Gasteiger partial charge in [-0.2, -0.15) is 0 Å². The van der Waals surface area contributed by atoms with Crippen molar-refractivity contribution in [3.8, 4) is 0 Å². The molecule has 0 N–H and O–H groups in total. The van der Waals surface area contributed by atoms with Crippen molar-refractivity contribution in [1.82, 2.24) is 9.47 Å². The minimum atomic E-state index is 0.200. The van der Waals surface area contributed by atoms with Crippen LogP contribution < -0.4 is 0 Å². The zero-order chi connectivity index (χ0) is 19.7. The molecule has 0 bridgehead atoms. The fourth-order valence-corrected chi connectivity index (χ4v) is 4.38. The predicted molar refractivity (Wildman–Crippen MR) is 118 cm³/mol. The van der Waals surface area contributed by atoms with Crippen molar-refractivity contribution in [2.24, 2.45) is 0 Å². The van der Waals surface area contributed by atoms with Crippen LogP contribution in [0.4, 0.5) is 0 Å². The molecule has 1 aromatic heterocycles. The van der Waals surface area contributed by atoms with Gasteiger partial charge in [0.15, 0.2) is 0 Å². The molecule has 3 aromatic rings. The number of hydrogen-bond acceptors (Lipinski definition) is 1. The average molecular weight is 373 g/mol. The Balaban J connectivity index is 1.68. The van der Waals surface area contributed by atoms with E-state index in [4.69, 9.17) is 0 Å². The van der Waals surface area contributed by atoms with Gasteiger partial charge in [0.1, 0.15) is 0 Å². The second-order valence-corrected chi connectivity index (χ2v) is 9.21. The molecule has 1 unspecified atom stereocenters. The molecule has 4 rings (SSSR count). The molecule has 0 radical (unpaired) electrons. The van der Waals surface area contributed by atoms with Gasteiger partial charge in [-0.25, -0.2) is 0 Å². The molecule has 0 aliphatic carbocycles. The summed E-state index contributed by atoms with van der Waals surface area (Å²) in [4.78, 5) is 2.65. The van der Waals surface area contributed by atoms with Gasteiger partial charge >= 0.3 is 0 Å². The second-order valence-electron chi connectivity index (χ2n) is 9.21. The number of aryl methyl sites for hydroxylation is 2. The maximum Gasteiger partial charge on any atom is 0.0759 e. The van der Waals surface area contributed by atoms with Crippen molar-refractivity contribution < 1.29 is 0 Å². The molecule has 2 heterocycles. The lowest BCUT2D eigenvalue weighted by Crippen LogP contribution is -2.29. The number of nitrogens with zero attached hydrogens (tertiary/aromatic N) is 2. The number of aromatic nitrogens is 1. The maximum absolute atomic E-state index is 2.65. The van der Waals surface area contributed by atoms with E-state index in [2.05, 4.69) is 104 Å². The van der Waals surface area contributed by atoms with Gasteiger partial charge in [0.25, 0.3) is 0 Å². The largest absolute Gasteiger partial charge is 0.350 e. The van der Waals surface area contributed by atoms with E-state index < -0.39 is 0 Å². The monoisotopic (exact) mass is 372 g/mol. The molecule has 2 heteroatoms. The van der Waals surface area contributed by atoms with Crippen LogP contribution in [0.1, 0.15) is 61.2 Å². The van der Waals surface area contributed by atoms with Gasteiger partial charge in [-0.1, -0.05) is 74.9 Å². The molecule has 2 aromatic carbocycles. The third-order valence-electron chi connectivity index (χ3n) is 5.92. The van der Waals surface area contributed by atoms with Crippen LogP contribution in [-0.4, -0.2) is 16.0 Å². The Kier molecular flexibility index (Phi) is 5.16. The number of benzene rings is 2. The van der Waals surface area contributed by atoms with Crippen LogP contribution in [0.5, 0.6) is 0 Å². The third-order valence-corrected chi connectivity index (χ3v) is 5.92. The first-order valence-electron chi connectivity index (χ1n) is 10.5. The standard InChI is InChI=1S/C26H32N2/c1-20-8-5-9-22(18-20)25-24-10-6-15-27(24)16-7-17-28(25)19-21-11-13-23(14-12-21)26(2,3)4/h5-6,8-15,18,25H,7,16-17,19H2,1-4H3. The van der Waals surface area contributed by atoms with Gasteiger partial charge in [0.05, 0.1) is 6.04 Å². The number of fused-ring (bicyclic) bond motifs is 1. The van der Waals surface area contributed by atoms with Gasteiger partial charge in [-0.15, -0.1) is 0 Å². The number of rotatable bonds is 3. The van der Waals surface area contributed by atoms with Gasteiger partial charge < -0.3 is 4.57 Å². The Hall–Kier alpha value is -2.32.